The van der Waals surface area contributed by atoms with Crippen molar-refractivity contribution >= 4 is 15.9 Å². The fraction of sp³-hybridized carbons (Fsp3) is 0.235. The van der Waals surface area contributed by atoms with E-state index in [1.165, 1.54) is 37.4 Å². The Labute approximate surface area is 149 Å². The second kappa shape index (κ2) is 7.08. The van der Waals surface area contributed by atoms with Crippen LogP contribution in [0.1, 0.15) is 27.0 Å². The van der Waals surface area contributed by atoms with Gasteiger partial charge in [-0.2, -0.15) is 17.5 Å². The summed E-state index contributed by atoms with van der Waals surface area (Å²) in [6.45, 7) is 1.12. The van der Waals surface area contributed by atoms with Crippen LogP contribution in [0.15, 0.2) is 47.4 Å². The molecule has 0 bridgehead atoms. The zero-order valence-corrected chi connectivity index (χ0v) is 14.9. The van der Waals surface area contributed by atoms with Crippen molar-refractivity contribution in [2.45, 2.75) is 24.5 Å². The largest absolute Gasteiger partial charge is 0.416 e. The zero-order valence-electron chi connectivity index (χ0n) is 14.0. The molecular weight excluding hydrogens is 369 g/mol. The molecule has 2 aromatic carbocycles. The van der Waals surface area contributed by atoms with Crippen molar-refractivity contribution in [2.24, 2.45) is 5.73 Å². The molecule has 0 radical (unpaired) electrons. The maximum Gasteiger partial charge on any atom is 0.416 e. The SMILES string of the molecule is Cc1ccc(S(=O)(=O)N(C)Cc2ccccc2C(F)(F)F)cc1C(N)=O. The van der Waals surface area contributed by atoms with Crippen molar-refractivity contribution in [2.75, 3.05) is 7.05 Å². The van der Waals surface area contributed by atoms with Gasteiger partial charge in [0, 0.05) is 19.2 Å². The van der Waals surface area contributed by atoms with Crippen molar-refractivity contribution in [3.8, 4) is 0 Å². The molecule has 2 N–H and O–H groups in total. The van der Waals surface area contributed by atoms with Crippen LogP contribution in [0.4, 0.5) is 13.2 Å². The smallest absolute Gasteiger partial charge is 0.366 e. The number of benzene rings is 2. The maximum absolute atomic E-state index is 13.1. The molecule has 0 atom stereocenters. The Bertz CT molecular complexity index is 941. The van der Waals surface area contributed by atoms with Crippen molar-refractivity contribution in [1.82, 2.24) is 4.31 Å². The minimum Gasteiger partial charge on any atom is -0.366 e. The van der Waals surface area contributed by atoms with E-state index in [0.29, 0.717) is 5.56 Å². The Morgan fingerprint density at radius 2 is 1.77 bits per heavy atom. The van der Waals surface area contributed by atoms with Crippen LogP contribution in [0.2, 0.25) is 0 Å². The summed E-state index contributed by atoms with van der Waals surface area (Å²) in [5.74, 6) is -0.787. The van der Waals surface area contributed by atoms with Gasteiger partial charge in [0.25, 0.3) is 0 Å². The van der Waals surface area contributed by atoms with Crippen LogP contribution in [0.25, 0.3) is 0 Å². The summed E-state index contributed by atoms with van der Waals surface area (Å²) < 4.78 is 65.4. The van der Waals surface area contributed by atoms with E-state index in [0.717, 1.165) is 16.4 Å². The Balaban J connectivity index is 2.40. The van der Waals surface area contributed by atoms with Crippen molar-refractivity contribution in [1.29, 1.82) is 0 Å². The highest BCUT2D eigenvalue weighted by molar-refractivity contribution is 7.89. The van der Waals surface area contributed by atoms with Gasteiger partial charge in [-0.15, -0.1) is 0 Å². The van der Waals surface area contributed by atoms with E-state index in [2.05, 4.69) is 0 Å². The molecule has 0 spiro atoms. The number of primary amides is 1. The highest BCUT2D eigenvalue weighted by Gasteiger charge is 2.34. The van der Waals surface area contributed by atoms with Gasteiger partial charge < -0.3 is 5.73 Å². The van der Waals surface area contributed by atoms with Gasteiger partial charge in [-0.1, -0.05) is 24.3 Å². The molecule has 0 fully saturated rings. The van der Waals surface area contributed by atoms with Crippen LogP contribution in [0, 0.1) is 6.92 Å². The molecule has 2 rings (SSSR count). The van der Waals surface area contributed by atoms with Gasteiger partial charge in [-0.25, -0.2) is 8.42 Å². The highest BCUT2D eigenvalue weighted by Crippen LogP contribution is 2.33. The first-order valence-corrected chi connectivity index (χ1v) is 8.90. The number of hydrogen-bond acceptors (Lipinski definition) is 3. The van der Waals surface area contributed by atoms with Gasteiger partial charge in [0.2, 0.25) is 15.9 Å². The summed E-state index contributed by atoms with van der Waals surface area (Å²) in [5.41, 5.74) is 4.69. The fourth-order valence-corrected chi connectivity index (χ4v) is 3.64. The molecule has 0 aliphatic heterocycles. The summed E-state index contributed by atoms with van der Waals surface area (Å²) in [6, 6.07) is 8.58. The van der Waals surface area contributed by atoms with Crippen LogP contribution in [0.5, 0.6) is 0 Å². The quantitative estimate of drug-likeness (QED) is 0.858. The molecule has 0 aliphatic rings. The Kier molecular flexibility index (Phi) is 5.43. The number of nitrogens with zero attached hydrogens (tertiary/aromatic N) is 1. The number of carbonyl (C=O) groups excluding carboxylic acids is 1. The zero-order chi connectivity index (χ0) is 19.7. The third-order valence-electron chi connectivity index (χ3n) is 3.90. The summed E-state index contributed by atoms with van der Waals surface area (Å²) in [5, 5.41) is 0. The fourth-order valence-electron chi connectivity index (χ4n) is 2.47. The first kappa shape index (κ1) is 19.9. The molecule has 0 heterocycles. The minimum absolute atomic E-state index is 0.0372. The topological polar surface area (TPSA) is 80.5 Å². The number of alkyl halides is 3. The molecular formula is C17H17F3N2O3S. The third-order valence-corrected chi connectivity index (χ3v) is 5.70. The predicted octanol–water partition coefficient (Wildman–Crippen LogP) is 2.93. The van der Waals surface area contributed by atoms with E-state index in [1.54, 1.807) is 6.92 Å². The number of hydrogen-bond donors (Lipinski definition) is 1. The summed E-state index contributed by atoms with van der Waals surface area (Å²) in [7, 11) is -2.94. The normalized spacial score (nSPS) is 12.4. The first-order valence-electron chi connectivity index (χ1n) is 7.46. The van der Waals surface area contributed by atoms with E-state index < -0.39 is 34.2 Å². The molecule has 140 valence electrons. The Morgan fingerprint density at radius 1 is 1.15 bits per heavy atom. The van der Waals surface area contributed by atoms with Crippen molar-refractivity contribution in [3.05, 3.63) is 64.7 Å². The molecule has 0 aliphatic carbocycles. The molecule has 0 aromatic heterocycles. The second-order valence-electron chi connectivity index (χ2n) is 5.76. The van der Waals surface area contributed by atoms with Crippen molar-refractivity contribution in [3.63, 3.8) is 0 Å². The monoisotopic (exact) mass is 386 g/mol. The predicted molar refractivity (Wildman–Crippen MR) is 89.8 cm³/mol. The number of sulfonamides is 1. The van der Waals surface area contributed by atoms with E-state index in [-0.39, 0.29) is 16.0 Å². The summed E-state index contributed by atoms with van der Waals surface area (Å²) >= 11 is 0. The average molecular weight is 386 g/mol. The molecule has 26 heavy (non-hydrogen) atoms. The number of rotatable bonds is 5. The lowest BCUT2D eigenvalue weighted by Crippen LogP contribution is -2.28. The van der Waals surface area contributed by atoms with E-state index in [9.17, 15) is 26.4 Å². The number of amides is 1. The molecule has 0 saturated heterocycles. The highest BCUT2D eigenvalue weighted by atomic mass is 32.2. The van der Waals surface area contributed by atoms with Gasteiger partial charge in [-0.05, 0) is 36.2 Å². The van der Waals surface area contributed by atoms with Gasteiger partial charge in [-0.3, -0.25) is 4.79 Å². The Hall–Kier alpha value is -2.39. The summed E-state index contributed by atoms with van der Waals surface area (Å²) in [6.07, 6.45) is -4.59. The van der Waals surface area contributed by atoms with Gasteiger partial charge >= 0.3 is 6.18 Å². The average Bonchev–Trinajstić information content (AvgIpc) is 2.54. The van der Waals surface area contributed by atoms with Crippen LogP contribution >= 0.6 is 0 Å². The number of aryl methyl sites for hydroxylation is 1. The molecule has 0 unspecified atom stereocenters. The van der Waals surface area contributed by atoms with Crippen LogP contribution < -0.4 is 5.73 Å². The van der Waals surface area contributed by atoms with E-state index in [4.69, 9.17) is 5.73 Å². The van der Waals surface area contributed by atoms with Crippen LogP contribution in [-0.4, -0.2) is 25.7 Å². The lowest BCUT2D eigenvalue weighted by Gasteiger charge is -2.20. The molecule has 9 heteroatoms. The van der Waals surface area contributed by atoms with Crippen LogP contribution in [-0.2, 0) is 22.7 Å². The molecule has 5 nitrogen and oxygen atoms in total. The third kappa shape index (κ3) is 4.05. The minimum atomic E-state index is -4.59. The second-order valence-corrected chi connectivity index (χ2v) is 7.80. The Morgan fingerprint density at radius 3 is 2.35 bits per heavy atom. The number of halogens is 3. The number of carbonyl (C=O) groups is 1. The van der Waals surface area contributed by atoms with E-state index >= 15 is 0 Å². The van der Waals surface area contributed by atoms with Gasteiger partial charge in [0.1, 0.15) is 0 Å². The van der Waals surface area contributed by atoms with E-state index in [1.807, 2.05) is 0 Å². The van der Waals surface area contributed by atoms with Gasteiger partial charge in [0.05, 0.1) is 10.5 Å². The van der Waals surface area contributed by atoms with Crippen molar-refractivity contribution < 1.29 is 26.4 Å². The molecule has 2 aromatic rings. The lowest BCUT2D eigenvalue weighted by molar-refractivity contribution is -0.138. The summed E-state index contributed by atoms with van der Waals surface area (Å²) in [4.78, 5) is 11.2. The first-order chi connectivity index (χ1) is 11.9. The standard InChI is InChI=1S/C17H17F3N2O3S/c1-11-7-8-13(9-14(11)16(21)23)26(24,25)22(2)10-12-5-3-4-6-15(12)17(18,19)20/h3-9H,10H2,1-2H3,(H2,21,23). The van der Waals surface area contributed by atoms with Crippen LogP contribution in [0.3, 0.4) is 0 Å². The van der Waals surface area contributed by atoms with Gasteiger partial charge in [0.15, 0.2) is 0 Å². The number of nitrogens with two attached hydrogens (primary N) is 1. The molecule has 0 saturated carbocycles. The maximum atomic E-state index is 13.1. The molecule has 1 amide bonds. The lowest BCUT2D eigenvalue weighted by atomic mass is 10.1.